The Kier molecular flexibility index (Phi) is 4.33. The van der Waals surface area contributed by atoms with Crippen LogP contribution in [0.25, 0.3) is 0 Å². The highest BCUT2D eigenvalue weighted by Gasteiger charge is 2.03. The number of rotatable bonds is 5. The first-order valence-corrected chi connectivity index (χ1v) is 6.81. The first-order valence-electron chi connectivity index (χ1n) is 5.93. The lowest BCUT2D eigenvalue weighted by Gasteiger charge is -2.06. The Morgan fingerprint density at radius 2 is 2.11 bits per heavy atom. The van der Waals surface area contributed by atoms with E-state index in [1.54, 1.807) is 17.4 Å². The van der Waals surface area contributed by atoms with E-state index < -0.39 is 5.82 Å². The Labute approximate surface area is 110 Å². The van der Waals surface area contributed by atoms with Crippen molar-refractivity contribution in [1.29, 1.82) is 0 Å². The summed E-state index contributed by atoms with van der Waals surface area (Å²) < 4.78 is 13.1. The predicted octanol–water partition coefficient (Wildman–Crippen LogP) is 3.45. The molecule has 0 saturated heterocycles. The van der Waals surface area contributed by atoms with Crippen molar-refractivity contribution in [3.8, 4) is 5.75 Å². The molecule has 0 aliphatic rings. The van der Waals surface area contributed by atoms with Crippen molar-refractivity contribution >= 4 is 11.3 Å². The fourth-order valence-corrected chi connectivity index (χ4v) is 2.84. The molecule has 4 heteroatoms. The molecule has 0 spiro atoms. The van der Waals surface area contributed by atoms with Gasteiger partial charge in [0.1, 0.15) is 11.6 Å². The molecule has 0 bridgehead atoms. The minimum atomic E-state index is -0.405. The van der Waals surface area contributed by atoms with E-state index in [1.165, 1.54) is 16.5 Å². The summed E-state index contributed by atoms with van der Waals surface area (Å²) in [6, 6.07) is 6.25. The number of aryl methyl sites for hydroxylation is 1. The van der Waals surface area contributed by atoms with Gasteiger partial charge in [-0.2, -0.15) is 0 Å². The van der Waals surface area contributed by atoms with Gasteiger partial charge < -0.3 is 10.4 Å². The van der Waals surface area contributed by atoms with E-state index in [-0.39, 0.29) is 5.75 Å². The lowest BCUT2D eigenvalue weighted by molar-refractivity contribution is 0.467. The summed E-state index contributed by atoms with van der Waals surface area (Å²) >= 11 is 1.73. The Morgan fingerprint density at radius 1 is 1.28 bits per heavy atom. The van der Waals surface area contributed by atoms with Crippen LogP contribution in [0.3, 0.4) is 0 Å². The average molecular weight is 265 g/mol. The van der Waals surface area contributed by atoms with Gasteiger partial charge in [0.05, 0.1) is 0 Å². The highest BCUT2D eigenvalue weighted by Crippen LogP contribution is 2.18. The summed E-state index contributed by atoms with van der Waals surface area (Å²) in [5, 5.41) is 14.6. The Bertz CT molecular complexity index is 504. The number of phenols is 1. The number of hydrogen-bond acceptors (Lipinski definition) is 3. The summed E-state index contributed by atoms with van der Waals surface area (Å²) in [5.74, 6) is -0.436. The van der Waals surface area contributed by atoms with Gasteiger partial charge in [0.2, 0.25) is 0 Å². The Morgan fingerprint density at radius 3 is 2.83 bits per heavy atom. The van der Waals surface area contributed by atoms with Crippen LogP contribution in [0.2, 0.25) is 0 Å². The Hall–Kier alpha value is -1.39. The molecule has 2 nitrogen and oxygen atoms in total. The number of phenolic OH excluding ortho intramolecular Hbond substituents is 1. The molecular weight excluding hydrogens is 249 g/mol. The molecule has 0 fully saturated rings. The van der Waals surface area contributed by atoms with Crippen LogP contribution in [0.15, 0.2) is 29.6 Å². The van der Waals surface area contributed by atoms with Gasteiger partial charge in [0.25, 0.3) is 0 Å². The molecule has 0 amide bonds. The second-order valence-corrected chi connectivity index (χ2v) is 5.14. The normalized spacial score (nSPS) is 10.8. The maximum absolute atomic E-state index is 13.1. The second-order valence-electron chi connectivity index (χ2n) is 4.14. The molecule has 1 aromatic heterocycles. The molecule has 0 saturated carbocycles. The number of hydrogen-bond donors (Lipinski definition) is 2. The van der Waals surface area contributed by atoms with Gasteiger partial charge in [0, 0.05) is 24.0 Å². The van der Waals surface area contributed by atoms with Gasteiger partial charge in [-0.1, -0.05) is 6.92 Å². The summed E-state index contributed by atoms with van der Waals surface area (Å²) in [4.78, 5) is 1.32. The summed E-state index contributed by atoms with van der Waals surface area (Å²) in [7, 11) is 0. The standard InChI is InChI=1S/C14H16FNOS/c1-2-11-3-4-18-14(11)9-16-8-10-5-12(15)7-13(17)6-10/h3-7,16-17H,2,8-9H2,1H3. The van der Waals surface area contributed by atoms with E-state index in [1.807, 2.05) is 0 Å². The first-order chi connectivity index (χ1) is 8.69. The summed E-state index contributed by atoms with van der Waals surface area (Å²) in [5.41, 5.74) is 2.11. The van der Waals surface area contributed by atoms with Gasteiger partial charge in [-0.15, -0.1) is 11.3 Å². The highest BCUT2D eigenvalue weighted by molar-refractivity contribution is 7.10. The smallest absolute Gasteiger partial charge is 0.127 e. The van der Waals surface area contributed by atoms with Crippen molar-refractivity contribution in [2.24, 2.45) is 0 Å². The maximum atomic E-state index is 13.1. The zero-order valence-corrected chi connectivity index (χ0v) is 11.1. The minimum absolute atomic E-state index is 0.0304. The van der Waals surface area contributed by atoms with Crippen LogP contribution in [0.5, 0.6) is 5.75 Å². The predicted molar refractivity (Wildman–Crippen MR) is 72.3 cm³/mol. The van der Waals surface area contributed by atoms with Crippen LogP contribution < -0.4 is 5.32 Å². The Balaban J connectivity index is 1.92. The zero-order valence-electron chi connectivity index (χ0n) is 10.2. The fraction of sp³-hybridized carbons (Fsp3) is 0.286. The largest absolute Gasteiger partial charge is 0.508 e. The third kappa shape index (κ3) is 3.31. The number of thiophene rings is 1. The fourth-order valence-electron chi connectivity index (χ4n) is 1.89. The quantitative estimate of drug-likeness (QED) is 0.868. The van der Waals surface area contributed by atoms with Crippen molar-refractivity contribution in [2.45, 2.75) is 26.4 Å². The first kappa shape index (κ1) is 13.1. The number of aromatic hydroxyl groups is 1. The lowest BCUT2D eigenvalue weighted by Crippen LogP contribution is -2.12. The molecule has 1 heterocycles. The summed E-state index contributed by atoms with van der Waals surface area (Å²) in [6.45, 7) is 3.46. The van der Waals surface area contributed by atoms with E-state index in [4.69, 9.17) is 0 Å². The number of halogens is 1. The molecule has 0 atom stereocenters. The van der Waals surface area contributed by atoms with Crippen molar-refractivity contribution in [1.82, 2.24) is 5.32 Å². The van der Waals surface area contributed by atoms with Crippen LogP contribution in [0.1, 0.15) is 22.9 Å². The third-order valence-electron chi connectivity index (χ3n) is 2.78. The monoisotopic (exact) mass is 265 g/mol. The molecule has 0 radical (unpaired) electrons. The average Bonchev–Trinajstić information content (AvgIpc) is 2.75. The van der Waals surface area contributed by atoms with Crippen LogP contribution in [0.4, 0.5) is 4.39 Å². The van der Waals surface area contributed by atoms with Gasteiger partial charge in [-0.25, -0.2) is 4.39 Å². The van der Waals surface area contributed by atoms with Crippen LogP contribution in [0, 0.1) is 5.82 Å². The van der Waals surface area contributed by atoms with Crippen molar-refractivity contribution < 1.29 is 9.50 Å². The molecule has 0 aliphatic heterocycles. The van der Waals surface area contributed by atoms with Crippen molar-refractivity contribution in [3.63, 3.8) is 0 Å². The zero-order chi connectivity index (χ0) is 13.0. The SMILES string of the molecule is CCc1ccsc1CNCc1cc(O)cc(F)c1. The molecule has 0 aliphatic carbocycles. The van der Waals surface area contributed by atoms with Crippen molar-refractivity contribution in [2.75, 3.05) is 0 Å². The molecule has 2 rings (SSSR count). The van der Waals surface area contributed by atoms with E-state index in [0.29, 0.717) is 6.54 Å². The van der Waals surface area contributed by atoms with Gasteiger partial charge in [-0.05, 0) is 41.1 Å². The van der Waals surface area contributed by atoms with Gasteiger partial charge in [0.15, 0.2) is 0 Å². The van der Waals surface area contributed by atoms with Gasteiger partial charge in [-0.3, -0.25) is 0 Å². The highest BCUT2D eigenvalue weighted by atomic mass is 32.1. The second kappa shape index (κ2) is 5.98. The van der Waals surface area contributed by atoms with Crippen molar-refractivity contribution in [3.05, 3.63) is 51.5 Å². The van der Waals surface area contributed by atoms with E-state index >= 15 is 0 Å². The molecule has 18 heavy (non-hydrogen) atoms. The molecular formula is C14H16FNOS. The van der Waals surface area contributed by atoms with Gasteiger partial charge >= 0.3 is 0 Å². The van der Waals surface area contributed by atoms with E-state index in [0.717, 1.165) is 24.6 Å². The van der Waals surface area contributed by atoms with E-state index in [9.17, 15) is 9.50 Å². The molecule has 2 aromatic rings. The third-order valence-corrected chi connectivity index (χ3v) is 3.74. The number of benzene rings is 1. The minimum Gasteiger partial charge on any atom is -0.508 e. The molecule has 96 valence electrons. The van der Waals surface area contributed by atoms with E-state index in [2.05, 4.69) is 23.7 Å². The topological polar surface area (TPSA) is 32.3 Å². The summed E-state index contributed by atoms with van der Waals surface area (Å²) in [6.07, 6.45) is 1.03. The maximum Gasteiger partial charge on any atom is 0.127 e. The number of nitrogens with one attached hydrogen (secondary N) is 1. The van der Waals surface area contributed by atoms with Crippen LogP contribution >= 0.6 is 11.3 Å². The lowest BCUT2D eigenvalue weighted by atomic mass is 10.2. The van der Waals surface area contributed by atoms with Crippen LogP contribution in [-0.4, -0.2) is 5.11 Å². The van der Waals surface area contributed by atoms with Crippen LogP contribution in [-0.2, 0) is 19.5 Å². The molecule has 1 aromatic carbocycles. The molecule has 0 unspecified atom stereocenters. The molecule has 2 N–H and O–H groups in total.